The average molecular weight is 383 g/mol. The van der Waals surface area contributed by atoms with E-state index in [-0.39, 0.29) is 16.8 Å². The number of rotatable bonds is 5. The van der Waals surface area contributed by atoms with Gasteiger partial charge in [-0.25, -0.2) is 9.79 Å². The maximum Gasteiger partial charge on any atom is 0.335 e. The molecule has 0 radical (unpaired) electrons. The van der Waals surface area contributed by atoms with Crippen molar-refractivity contribution in [1.29, 1.82) is 0 Å². The van der Waals surface area contributed by atoms with Crippen LogP contribution in [0.2, 0.25) is 0 Å². The second-order valence-corrected chi connectivity index (χ2v) is 6.86. The number of benzene rings is 2. The highest BCUT2D eigenvalue weighted by molar-refractivity contribution is 8.13. The zero-order chi connectivity index (χ0) is 19.4. The van der Waals surface area contributed by atoms with E-state index < -0.39 is 16.9 Å². The van der Waals surface area contributed by atoms with Crippen molar-refractivity contribution in [3.05, 3.63) is 87.1 Å². The molecule has 1 atom stereocenters. The number of nitro benzene ring substituents is 1. The first-order valence-corrected chi connectivity index (χ1v) is 9.15. The van der Waals surface area contributed by atoms with Crippen LogP contribution in [0.1, 0.15) is 24.1 Å². The van der Waals surface area contributed by atoms with Crippen molar-refractivity contribution in [3.63, 3.8) is 0 Å². The molecule has 0 aromatic heterocycles. The lowest BCUT2D eigenvalue weighted by atomic mass is 9.95. The van der Waals surface area contributed by atoms with Crippen LogP contribution in [0, 0.1) is 10.1 Å². The van der Waals surface area contributed by atoms with Gasteiger partial charge in [-0.3, -0.25) is 10.1 Å². The third kappa shape index (κ3) is 4.17. The number of carboxylic acids is 1. The molecule has 0 spiro atoms. The van der Waals surface area contributed by atoms with Crippen molar-refractivity contribution in [1.82, 2.24) is 5.32 Å². The number of nitro groups is 1. The summed E-state index contributed by atoms with van der Waals surface area (Å²) in [6.45, 7) is 1.64. The Labute approximate surface area is 160 Å². The maximum absolute atomic E-state index is 11.8. The van der Waals surface area contributed by atoms with Crippen molar-refractivity contribution in [3.8, 4) is 0 Å². The summed E-state index contributed by atoms with van der Waals surface area (Å²) >= 11 is 1.42. The van der Waals surface area contributed by atoms with Crippen molar-refractivity contribution < 1.29 is 14.8 Å². The number of thioether (sulfide) groups is 1. The van der Waals surface area contributed by atoms with Crippen molar-refractivity contribution in [2.45, 2.75) is 18.7 Å². The summed E-state index contributed by atoms with van der Waals surface area (Å²) in [6.07, 6.45) is 0. The van der Waals surface area contributed by atoms with Gasteiger partial charge in [0.2, 0.25) is 0 Å². The number of carboxylic acid groups (broad SMARTS) is 1. The minimum Gasteiger partial charge on any atom is -0.478 e. The second-order valence-electron chi connectivity index (χ2n) is 5.90. The third-order valence-corrected chi connectivity index (χ3v) is 5.05. The highest BCUT2D eigenvalue weighted by Gasteiger charge is 2.33. The maximum atomic E-state index is 11.8. The van der Waals surface area contributed by atoms with Gasteiger partial charge in [0.15, 0.2) is 5.17 Å². The Morgan fingerprint density at radius 3 is 2.56 bits per heavy atom. The summed E-state index contributed by atoms with van der Waals surface area (Å²) < 4.78 is 0. The molecule has 0 fully saturated rings. The topological polar surface area (TPSA) is 105 Å². The number of nitrogens with one attached hydrogen (secondary N) is 1. The molecule has 2 N–H and O–H groups in total. The van der Waals surface area contributed by atoms with Crippen LogP contribution in [0.25, 0.3) is 0 Å². The van der Waals surface area contributed by atoms with Gasteiger partial charge < -0.3 is 10.4 Å². The number of aliphatic imine (C=N–C) groups is 1. The number of nitrogens with zero attached hydrogens (tertiary/aromatic N) is 2. The Bertz CT molecular complexity index is 941. The van der Waals surface area contributed by atoms with E-state index in [0.29, 0.717) is 16.6 Å². The van der Waals surface area contributed by atoms with Crippen LogP contribution in [0.5, 0.6) is 0 Å². The van der Waals surface area contributed by atoms with Crippen molar-refractivity contribution >= 4 is 28.6 Å². The lowest BCUT2D eigenvalue weighted by Crippen LogP contribution is -2.30. The Balaban J connectivity index is 1.96. The van der Waals surface area contributed by atoms with E-state index in [0.717, 1.165) is 5.56 Å². The van der Waals surface area contributed by atoms with Crippen LogP contribution < -0.4 is 5.32 Å². The first kappa shape index (κ1) is 18.7. The lowest BCUT2D eigenvalue weighted by Gasteiger charge is -2.24. The van der Waals surface area contributed by atoms with Crippen LogP contribution >= 0.6 is 11.8 Å². The molecule has 1 aliphatic rings. The molecule has 1 heterocycles. The fourth-order valence-electron chi connectivity index (χ4n) is 2.83. The van der Waals surface area contributed by atoms with Crippen molar-refractivity contribution in [2.24, 2.45) is 4.99 Å². The van der Waals surface area contributed by atoms with E-state index in [1.807, 2.05) is 30.3 Å². The fourth-order valence-corrected chi connectivity index (χ4v) is 3.73. The van der Waals surface area contributed by atoms with E-state index in [9.17, 15) is 20.0 Å². The fraction of sp³-hybridized carbons (Fsp3) is 0.158. The largest absolute Gasteiger partial charge is 0.478 e. The van der Waals surface area contributed by atoms with Crippen molar-refractivity contribution in [2.75, 3.05) is 0 Å². The standard InChI is InChI=1S/C19H17N3O4S/c1-12-16(18(23)24)17(14-9-5-6-10-15(14)22(25)26)21-19(20-12)27-11-13-7-3-2-4-8-13/h2-10,17H,11H2,1H3,(H,20,21)(H,23,24). The molecule has 0 saturated carbocycles. The van der Waals surface area contributed by atoms with Crippen LogP contribution in [0.3, 0.4) is 0 Å². The van der Waals surface area contributed by atoms with Gasteiger partial charge in [-0.15, -0.1) is 0 Å². The Kier molecular flexibility index (Phi) is 5.56. The summed E-state index contributed by atoms with van der Waals surface area (Å²) in [5, 5.41) is 24.5. The summed E-state index contributed by atoms with van der Waals surface area (Å²) in [4.78, 5) is 27.1. The van der Waals surface area contributed by atoms with Gasteiger partial charge >= 0.3 is 5.97 Å². The van der Waals surface area contributed by atoms with E-state index in [2.05, 4.69) is 10.3 Å². The smallest absolute Gasteiger partial charge is 0.335 e. The number of hydrogen-bond acceptors (Lipinski definition) is 6. The Morgan fingerprint density at radius 1 is 1.22 bits per heavy atom. The minimum atomic E-state index is -1.15. The molecule has 2 aromatic carbocycles. The number of allylic oxidation sites excluding steroid dienone is 1. The highest BCUT2D eigenvalue weighted by Crippen LogP contribution is 2.37. The number of amidine groups is 1. The second kappa shape index (κ2) is 8.05. The Morgan fingerprint density at radius 2 is 1.89 bits per heavy atom. The van der Waals surface area contributed by atoms with Gasteiger partial charge in [0, 0.05) is 17.5 Å². The molecule has 1 unspecified atom stereocenters. The molecule has 8 heteroatoms. The predicted octanol–water partition coefficient (Wildman–Crippen LogP) is 3.89. The molecule has 27 heavy (non-hydrogen) atoms. The van der Waals surface area contributed by atoms with E-state index in [1.165, 1.54) is 17.8 Å². The predicted molar refractivity (Wildman–Crippen MR) is 104 cm³/mol. The molecule has 0 saturated heterocycles. The van der Waals surface area contributed by atoms with Crippen LogP contribution in [-0.2, 0) is 10.5 Å². The van der Waals surface area contributed by atoms with Gasteiger partial charge in [0.1, 0.15) is 6.04 Å². The molecule has 7 nitrogen and oxygen atoms in total. The highest BCUT2D eigenvalue weighted by atomic mass is 32.2. The molecule has 1 aliphatic heterocycles. The average Bonchev–Trinajstić information content (AvgIpc) is 2.66. The molecule has 138 valence electrons. The minimum absolute atomic E-state index is 0.00774. The van der Waals surface area contributed by atoms with Crippen LogP contribution in [0.4, 0.5) is 5.69 Å². The molecule has 0 amide bonds. The quantitative estimate of drug-likeness (QED) is 0.599. The van der Waals surface area contributed by atoms with Crippen LogP contribution in [0.15, 0.2) is 70.9 Å². The first-order valence-electron chi connectivity index (χ1n) is 8.16. The summed E-state index contributed by atoms with van der Waals surface area (Å²) in [6, 6.07) is 14.9. The zero-order valence-corrected chi connectivity index (χ0v) is 15.3. The summed E-state index contributed by atoms with van der Waals surface area (Å²) in [5.41, 5.74) is 1.65. The number of aliphatic carboxylic acids is 1. The first-order chi connectivity index (χ1) is 13.0. The van der Waals surface area contributed by atoms with Gasteiger partial charge in [-0.1, -0.05) is 54.2 Å². The Hall–Kier alpha value is -3.13. The SMILES string of the molecule is CC1=C(C(=O)O)C(c2ccccc2[N+](=O)[O-])N=C(SCc2ccccc2)N1. The van der Waals surface area contributed by atoms with Gasteiger partial charge in [-0.2, -0.15) is 0 Å². The summed E-state index contributed by atoms with van der Waals surface area (Å²) in [5.74, 6) is -0.509. The molecule has 3 rings (SSSR count). The van der Waals surface area contributed by atoms with E-state index in [1.54, 1.807) is 25.1 Å². The summed E-state index contributed by atoms with van der Waals surface area (Å²) in [7, 11) is 0. The molecule has 0 aliphatic carbocycles. The lowest BCUT2D eigenvalue weighted by molar-refractivity contribution is -0.385. The number of carbonyl (C=O) groups is 1. The molecule has 0 bridgehead atoms. The molecule has 2 aromatic rings. The normalized spacial score (nSPS) is 16.5. The van der Waals surface area contributed by atoms with E-state index in [4.69, 9.17) is 0 Å². The van der Waals surface area contributed by atoms with Crippen LogP contribution in [-0.4, -0.2) is 21.2 Å². The van der Waals surface area contributed by atoms with E-state index >= 15 is 0 Å². The molecular formula is C19H17N3O4S. The third-order valence-electron chi connectivity index (χ3n) is 4.10. The molecular weight excluding hydrogens is 366 g/mol. The zero-order valence-electron chi connectivity index (χ0n) is 14.5. The van der Waals surface area contributed by atoms with Gasteiger partial charge in [-0.05, 0) is 18.6 Å². The number of para-hydroxylation sites is 1. The van der Waals surface area contributed by atoms with Gasteiger partial charge in [0.25, 0.3) is 5.69 Å². The van der Waals surface area contributed by atoms with Gasteiger partial charge in [0.05, 0.1) is 16.1 Å². The number of hydrogen-bond donors (Lipinski definition) is 2. The monoisotopic (exact) mass is 383 g/mol.